The van der Waals surface area contributed by atoms with E-state index in [0.29, 0.717) is 24.1 Å². The highest BCUT2D eigenvalue weighted by Gasteiger charge is 2.27. The van der Waals surface area contributed by atoms with E-state index >= 15 is 0 Å². The van der Waals surface area contributed by atoms with Gasteiger partial charge in [-0.1, -0.05) is 6.92 Å². The van der Waals surface area contributed by atoms with Gasteiger partial charge in [0.15, 0.2) is 5.78 Å². The number of rotatable bonds is 1. The van der Waals surface area contributed by atoms with Crippen molar-refractivity contribution in [3.63, 3.8) is 0 Å². The Labute approximate surface area is 108 Å². The summed E-state index contributed by atoms with van der Waals surface area (Å²) in [4.78, 5) is 11.9. The van der Waals surface area contributed by atoms with Gasteiger partial charge in [0.25, 0.3) is 0 Å². The molecule has 0 bridgehead atoms. The van der Waals surface area contributed by atoms with Gasteiger partial charge < -0.3 is 0 Å². The Bertz CT molecular complexity index is 663. The van der Waals surface area contributed by atoms with Gasteiger partial charge in [0, 0.05) is 12.5 Å². The van der Waals surface area contributed by atoms with Crippen LogP contribution in [0.1, 0.15) is 29.4 Å². The smallest absolute Gasteiger partial charge is 0.166 e. The lowest BCUT2D eigenvalue weighted by Gasteiger charge is -2.19. The standard InChI is InChI=1S/C14H12F2N2O/c1-8-4-12-10(14(19)5-8)7-17-18(12)13-6-9(15)2-3-11(13)16/h2-3,6-8H,4-5H2,1H3. The zero-order chi connectivity index (χ0) is 13.6. The van der Waals surface area contributed by atoms with Crippen LogP contribution in [0.15, 0.2) is 24.4 Å². The average molecular weight is 262 g/mol. The van der Waals surface area contributed by atoms with Crippen LogP contribution in [0.25, 0.3) is 5.69 Å². The van der Waals surface area contributed by atoms with Gasteiger partial charge >= 0.3 is 0 Å². The number of carbonyl (C=O) groups excluding carboxylic acids is 1. The van der Waals surface area contributed by atoms with E-state index in [1.54, 1.807) is 0 Å². The van der Waals surface area contributed by atoms with Gasteiger partial charge in [0.1, 0.15) is 17.3 Å². The Balaban J connectivity index is 2.17. The third-order valence-corrected chi connectivity index (χ3v) is 3.38. The van der Waals surface area contributed by atoms with Crippen LogP contribution in [0.4, 0.5) is 8.78 Å². The van der Waals surface area contributed by atoms with Gasteiger partial charge in [-0.3, -0.25) is 4.79 Å². The highest BCUT2D eigenvalue weighted by Crippen LogP contribution is 2.28. The predicted octanol–water partition coefficient (Wildman–Crippen LogP) is 2.92. The number of aromatic nitrogens is 2. The van der Waals surface area contributed by atoms with Gasteiger partial charge in [-0.25, -0.2) is 13.5 Å². The molecule has 1 atom stereocenters. The van der Waals surface area contributed by atoms with Crippen molar-refractivity contribution in [3.05, 3.63) is 47.3 Å². The Morgan fingerprint density at radius 3 is 2.89 bits per heavy atom. The van der Waals surface area contributed by atoms with Crippen molar-refractivity contribution >= 4 is 5.78 Å². The van der Waals surface area contributed by atoms with E-state index in [1.807, 2.05) is 6.92 Å². The molecule has 0 radical (unpaired) electrons. The largest absolute Gasteiger partial charge is 0.294 e. The van der Waals surface area contributed by atoms with Crippen molar-refractivity contribution < 1.29 is 13.6 Å². The molecule has 19 heavy (non-hydrogen) atoms. The monoisotopic (exact) mass is 262 g/mol. The third-order valence-electron chi connectivity index (χ3n) is 3.38. The molecule has 0 spiro atoms. The topological polar surface area (TPSA) is 34.9 Å². The molecule has 1 aromatic carbocycles. The molecule has 1 heterocycles. The predicted molar refractivity (Wildman–Crippen MR) is 65.3 cm³/mol. The molecule has 0 N–H and O–H groups in total. The number of fused-ring (bicyclic) bond motifs is 1. The van der Waals surface area contributed by atoms with E-state index in [2.05, 4.69) is 5.10 Å². The van der Waals surface area contributed by atoms with Crippen LogP contribution in [0.5, 0.6) is 0 Å². The number of halogens is 2. The number of hydrogen-bond acceptors (Lipinski definition) is 2. The first-order valence-corrected chi connectivity index (χ1v) is 6.12. The lowest BCUT2D eigenvalue weighted by Crippen LogP contribution is -2.19. The van der Waals surface area contributed by atoms with E-state index in [0.717, 1.165) is 18.2 Å². The molecular formula is C14H12F2N2O. The highest BCUT2D eigenvalue weighted by molar-refractivity contribution is 5.98. The minimum atomic E-state index is -0.557. The summed E-state index contributed by atoms with van der Waals surface area (Å²) >= 11 is 0. The third kappa shape index (κ3) is 1.95. The quantitative estimate of drug-likeness (QED) is 0.792. The maximum absolute atomic E-state index is 13.8. The van der Waals surface area contributed by atoms with E-state index in [1.165, 1.54) is 10.9 Å². The molecule has 0 aliphatic heterocycles. The number of Topliss-reactive ketones (excluding diaryl/α,β-unsaturated/α-hetero) is 1. The first-order valence-electron chi connectivity index (χ1n) is 6.12. The van der Waals surface area contributed by atoms with Crippen LogP contribution in [0, 0.1) is 17.6 Å². The van der Waals surface area contributed by atoms with Crippen molar-refractivity contribution in [3.8, 4) is 5.69 Å². The van der Waals surface area contributed by atoms with Crippen LogP contribution in [0.2, 0.25) is 0 Å². The normalized spacial score (nSPS) is 18.5. The van der Waals surface area contributed by atoms with Gasteiger partial charge in [0.05, 0.1) is 17.5 Å². The van der Waals surface area contributed by atoms with E-state index in [4.69, 9.17) is 0 Å². The van der Waals surface area contributed by atoms with Crippen molar-refractivity contribution in [2.45, 2.75) is 19.8 Å². The maximum atomic E-state index is 13.8. The second-order valence-electron chi connectivity index (χ2n) is 4.95. The molecule has 2 aromatic rings. The Hall–Kier alpha value is -2.04. The van der Waals surface area contributed by atoms with Crippen LogP contribution in [0.3, 0.4) is 0 Å². The molecule has 0 fully saturated rings. The number of benzene rings is 1. The summed E-state index contributed by atoms with van der Waals surface area (Å²) in [6.07, 6.45) is 2.55. The maximum Gasteiger partial charge on any atom is 0.166 e. The molecule has 1 aliphatic rings. The first-order chi connectivity index (χ1) is 9.06. The number of ketones is 1. The summed E-state index contributed by atoms with van der Waals surface area (Å²) in [6, 6.07) is 3.21. The SMILES string of the molecule is CC1CC(=O)c2cnn(-c3cc(F)ccc3F)c2C1. The molecule has 3 rings (SSSR count). The minimum Gasteiger partial charge on any atom is -0.294 e. The summed E-state index contributed by atoms with van der Waals surface area (Å²) in [5.74, 6) is -0.891. The van der Waals surface area contributed by atoms with Crippen molar-refractivity contribution in [2.24, 2.45) is 5.92 Å². The number of nitrogens with zero attached hydrogens (tertiary/aromatic N) is 2. The zero-order valence-corrected chi connectivity index (χ0v) is 10.4. The van der Waals surface area contributed by atoms with Crippen LogP contribution < -0.4 is 0 Å². The van der Waals surface area contributed by atoms with Gasteiger partial charge in [-0.2, -0.15) is 5.10 Å². The summed E-state index contributed by atoms with van der Waals surface area (Å²) in [7, 11) is 0. The molecule has 0 amide bonds. The van der Waals surface area contributed by atoms with Gasteiger partial charge in [0.2, 0.25) is 0 Å². The Kier molecular flexibility index (Phi) is 2.69. The first kappa shape index (κ1) is 12.0. The van der Waals surface area contributed by atoms with Crippen molar-refractivity contribution in [1.29, 1.82) is 0 Å². The van der Waals surface area contributed by atoms with Crippen molar-refractivity contribution in [2.75, 3.05) is 0 Å². The summed E-state index contributed by atoms with van der Waals surface area (Å²) in [5.41, 5.74) is 1.22. The number of carbonyl (C=O) groups is 1. The van der Waals surface area contributed by atoms with E-state index < -0.39 is 11.6 Å². The minimum absolute atomic E-state index is 0.0109. The molecule has 5 heteroatoms. The lowest BCUT2D eigenvalue weighted by atomic mass is 9.88. The second kappa shape index (κ2) is 4.26. The molecular weight excluding hydrogens is 250 g/mol. The van der Waals surface area contributed by atoms with E-state index in [-0.39, 0.29) is 17.4 Å². The Morgan fingerprint density at radius 2 is 2.11 bits per heavy atom. The molecule has 1 aliphatic carbocycles. The van der Waals surface area contributed by atoms with E-state index in [9.17, 15) is 13.6 Å². The number of hydrogen-bond donors (Lipinski definition) is 0. The summed E-state index contributed by atoms with van der Waals surface area (Å²) in [5, 5.41) is 4.04. The fraction of sp³-hybridized carbons (Fsp3) is 0.286. The average Bonchev–Trinajstić information content (AvgIpc) is 2.76. The highest BCUT2D eigenvalue weighted by atomic mass is 19.1. The van der Waals surface area contributed by atoms with Crippen molar-refractivity contribution in [1.82, 2.24) is 9.78 Å². The van der Waals surface area contributed by atoms with Crippen LogP contribution in [-0.2, 0) is 6.42 Å². The lowest BCUT2D eigenvalue weighted by molar-refractivity contribution is 0.0952. The zero-order valence-electron chi connectivity index (χ0n) is 10.4. The van der Waals surface area contributed by atoms with Crippen LogP contribution in [-0.4, -0.2) is 15.6 Å². The van der Waals surface area contributed by atoms with Gasteiger partial charge in [-0.05, 0) is 24.5 Å². The molecule has 1 aromatic heterocycles. The fourth-order valence-electron chi connectivity index (χ4n) is 2.49. The van der Waals surface area contributed by atoms with Crippen LogP contribution >= 0.6 is 0 Å². The molecule has 98 valence electrons. The fourth-order valence-corrected chi connectivity index (χ4v) is 2.49. The molecule has 3 nitrogen and oxygen atoms in total. The molecule has 0 saturated carbocycles. The molecule has 0 saturated heterocycles. The second-order valence-corrected chi connectivity index (χ2v) is 4.95. The Morgan fingerprint density at radius 1 is 1.32 bits per heavy atom. The van der Waals surface area contributed by atoms with Gasteiger partial charge in [-0.15, -0.1) is 0 Å². The molecule has 1 unspecified atom stereocenters. The summed E-state index contributed by atoms with van der Waals surface area (Å²) in [6.45, 7) is 1.96. The summed E-state index contributed by atoms with van der Waals surface area (Å²) < 4.78 is 28.4.